The normalized spacial score (nSPS) is 9.92. The second kappa shape index (κ2) is 4.60. The summed E-state index contributed by atoms with van der Waals surface area (Å²) in [5.41, 5.74) is -0.333. The summed E-state index contributed by atoms with van der Waals surface area (Å²) in [6.07, 6.45) is 1.93. The Bertz CT molecular complexity index is 338. The molecule has 0 unspecified atom stereocenters. The molecule has 0 bridgehead atoms. The van der Waals surface area contributed by atoms with Crippen LogP contribution in [0.3, 0.4) is 0 Å². The third-order valence-electron chi connectivity index (χ3n) is 1.70. The standard InChI is InChI=1S/C10H12O3/c1-8(11)4-2-5-9-6-3-7-10(12)13-9/h3,6-7H,2,4-5H2,1H3. The van der Waals surface area contributed by atoms with Crippen LogP contribution in [0, 0.1) is 0 Å². The topological polar surface area (TPSA) is 47.3 Å². The minimum absolute atomic E-state index is 0.165. The Labute approximate surface area is 76.4 Å². The molecule has 0 aliphatic heterocycles. The molecule has 0 aromatic carbocycles. The van der Waals surface area contributed by atoms with Crippen LogP contribution < -0.4 is 5.63 Å². The molecule has 70 valence electrons. The fourth-order valence-electron chi connectivity index (χ4n) is 1.08. The first kappa shape index (κ1) is 9.71. The Balaban J connectivity index is 2.45. The molecule has 1 rings (SSSR count). The van der Waals surface area contributed by atoms with Gasteiger partial charge in [-0.05, 0) is 19.4 Å². The first-order chi connectivity index (χ1) is 6.18. The van der Waals surface area contributed by atoms with E-state index < -0.39 is 0 Å². The molecular formula is C10H12O3. The van der Waals surface area contributed by atoms with E-state index in [0.29, 0.717) is 18.6 Å². The molecule has 1 heterocycles. The van der Waals surface area contributed by atoms with E-state index in [1.54, 1.807) is 19.1 Å². The molecule has 0 aliphatic carbocycles. The van der Waals surface area contributed by atoms with E-state index in [1.807, 2.05) is 0 Å². The van der Waals surface area contributed by atoms with Crippen LogP contribution in [0.15, 0.2) is 27.4 Å². The number of hydrogen-bond donors (Lipinski definition) is 0. The van der Waals surface area contributed by atoms with Crippen molar-refractivity contribution < 1.29 is 9.21 Å². The predicted molar refractivity (Wildman–Crippen MR) is 48.6 cm³/mol. The lowest BCUT2D eigenvalue weighted by molar-refractivity contribution is -0.117. The van der Waals surface area contributed by atoms with E-state index in [0.717, 1.165) is 6.42 Å². The van der Waals surface area contributed by atoms with Crippen molar-refractivity contribution >= 4 is 5.78 Å². The van der Waals surface area contributed by atoms with Crippen LogP contribution in [0.25, 0.3) is 0 Å². The van der Waals surface area contributed by atoms with Gasteiger partial charge < -0.3 is 9.21 Å². The summed E-state index contributed by atoms with van der Waals surface area (Å²) in [6, 6.07) is 4.78. The van der Waals surface area contributed by atoms with Crippen LogP contribution in [-0.4, -0.2) is 5.78 Å². The van der Waals surface area contributed by atoms with Crippen molar-refractivity contribution in [2.75, 3.05) is 0 Å². The van der Waals surface area contributed by atoms with E-state index >= 15 is 0 Å². The largest absolute Gasteiger partial charge is 0.428 e. The summed E-state index contributed by atoms with van der Waals surface area (Å²) in [4.78, 5) is 21.4. The molecule has 1 aromatic heterocycles. The monoisotopic (exact) mass is 180 g/mol. The van der Waals surface area contributed by atoms with Crippen LogP contribution in [0.4, 0.5) is 0 Å². The number of hydrogen-bond acceptors (Lipinski definition) is 3. The first-order valence-corrected chi connectivity index (χ1v) is 4.27. The summed E-state index contributed by atoms with van der Waals surface area (Å²) >= 11 is 0. The zero-order valence-electron chi connectivity index (χ0n) is 7.58. The smallest absolute Gasteiger partial charge is 0.335 e. The molecule has 0 amide bonds. The Morgan fingerprint density at radius 2 is 2.23 bits per heavy atom. The highest BCUT2D eigenvalue weighted by atomic mass is 16.4. The number of ketones is 1. The Morgan fingerprint density at radius 1 is 1.46 bits per heavy atom. The van der Waals surface area contributed by atoms with Gasteiger partial charge in [0.05, 0.1) is 0 Å². The van der Waals surface area contributed by atoms with Gasteiger partial charge in [0.25, 0.3) is 0 Å². The highest BCUT2D eigenvalue weighted by Crippen LogP contribution is 2.02. The first-order valence-electron chi connectivity index (χ1n) is 4.27. The number of carbonyl (C=O) groups excluding carboxylic acids is 1. The zero-order valence-corrected chi connectivity index (χ0v) is 7.58. The summed E-state index contributed by atoms with van der Waals surface area (Å²) in [5, 5.41) is 0. The molecule has 0 radical (unpaired) electrons. The molecule has 0 N–H and O–H groups in total. The third-order valence-corrected chi connectivity index (χ3v) is 1.70. The highest BCUT2D eigenvalue weighted by Gasteiger charge is 1.98. The van der Waals surface area contributed by atoms with Gasteiger partial charge in [0.1, 0.15) is 11.5 Å². The molecule has 0 fully saturated rings. The number of aryl methyl sites for hydroxylation is 1. The fourth-order valence-corrected chi connectivity index (χ4v) is 1.08. The average molecular weight is 180 g/mol. The van der Waals surface area contributed by atoms with Gasteiger partial charge in [-0.3, -0.25) is 0 Å². The molecule has 3 heteroatoms. The van der Waals surface area contributed by atoms with E-state index in [-0.39, 0.29) is 11.4 Å². The molecule has 0 saturated heterocycles. The van der Waals surface area contributed by atoms with Gasteiger partial charge in [0.2, 0.25) is 0 Å². The Morgan fingerprint density at radius 3 is 2.85 bits per heavy atom. The van der Waals surface area contributed by atoms with Crippen molar-refractivity contribution in [2.24, 2.45) is 0 Å². The van der Waals surface area contributed by atoms with Gasteiger partial charge in [-0.2, -0.15) is 0 Å². The van der Waals surface area contributed by atoms with Crippen LogP contribution >= 0.6 is 0 Å². The van der Waals surface area contributed by atoms with Gasteiger partial charge >= 0.3 is 5.63 Å². The lowest BCUT2D eigenvalue weighted by Crippen LogP contribution is -1.99. The zero-order chi connectivity index (χ0) is 9.68. The van der Waals surface area contributed by atoms with Crippen molar-refractivity contribution in [1.29, 1.82) is 0 Å². The maximum Gasteiger partial charge on any atom is 0.335 e. The van der Waals surface area contributed by atoms with Crippen LogP contribution in [0.5, 0.6) is 0 Å². The maximum absolute atomic E-state index is 10.8. The van der Waals surface area contributed by atoms with E-state index in [2.05, 4.69) is 0 Å². The minimum Gasteiger partial charge on any atom is -0.428 e. The Hall–Kier alpha value is -1.38. The van der Waals surface area contributed by atoms with Crippen LogP contribution in [0.2, 0.25) is 0 Å². The predicted octanol–water partition coefficient (Wildman–Crippen LogP) is 1.55. The van der Waals surface area contributed by atoms with E-state index in [9.17, 15) is 9.59 Å². The number of carbonyl (C=O) groups is 1. The maximum atomic E-state index is 10.8. The average Bonchev–Trinajstić information content (AvgIpc) is 2.03. The van der Waals surface area contributed by atoms with Gasteiger partial charge in [0.15, 0.2) is 0 Å². The van der Waals surface area contributed by atoms with Crippen molar-refractivity contribution in [3.05, 3.63) is 34.4 Å². The molecule has 0 saturated carbocycles. The van der Waals surface area contributed by atoms with Gasteiger partial charge in [0, 0.05) is 18.9 Å². The SMILES string of the molecule is CC(=O)CCCc1cccc(=O)o1. The number of rotatable bonds is 4. The fraction of sp³-hybridized carbons (Fsp3) is 0.400. The highest BCUT2D eigenvalue weighted by molar-refractivity contribution is 5.75. The second-order valence-corrected chi connectivity index (χ2v) is 2.97. The summed E-state index contributed by atoms with van der Waals surface area (Å²) in [7, 11) is 0. The van der Waals surface area contributed by atoms with Gasteiger partial charge in [-0.1, -0.05) is 6.07 Å². The molecule has 3 nitrogen and oxygen atoms in total. The Kier molecular flexibility index (Phi) is 3.43. The number of Topliss-reactive ketones (excluding diaryl/α,β-unsaturated/α-hetero) is 1. The quantitative estimate of drug-likeness (QED) is 0.706. The van der Waals surface area contributed by atoms with Crippen molar-refractivity contribution in [1.82, 2.24) is 0 Å². The lowest BCUT2D eigenvalue weighted by atomic mass is 10.1. The van der Waals surface area contributed by atoms with E-state index in [4.69, 9.17) is 4.42 Å². The van der Waals surface area contributed by atoms with Crippen LogP contribution in [0.1, 0.15) is 25.5 Å². The van der Waals surface area contributed by atoms with Crippen molar-refractivity contribution in [2.45, 2.75) is 26.2 Å². The lowest BCUT2D eigenvalue weighted by Gasteiger charge is -1.96. The summed E-state index contributed by atoms with van der Waals surface area (Å²) in [6.45, 7) is 1.56. The molecule has 13 heavy (non-hydrogen) atoms. The van der Waals surface area contributed by atoms with Crippen molar-refractivity contribution in [3.63, 3.8) is 0 Å². The molecule has 1 aromatic rings. The second-order valence-electron chi connectivity index (χ2n) is 2.97. The molecular weight excluding hydrogens is 168 g/mol. The van der Waals surface area contributed by atoms with Gasteiger partial charge in [-0.15, -0.1) is 0 Å². The van der Waals surface area contributed by atoms with Crippen molar-refractivity contribution in [3.8, 4) is 0 Å². The molecule has 0 atom stereocenters. The molecule has 0 spiro atoms. The van der Waals surface area contributed by atoms with Crippen LogP contribution in [-0.2, 0) is 11.2 Å². The van der Waals surface area contributed by atoms with E-state index in [1.165, 1.54) is 6.07 Å². The van der Waals surface area contributed by atoms with Gasteiger partial charge in [-0.25, -0.2) is 4.79 Å². The molecule has 0 aliphatic rings. The minimum atomic E-state index is -0.333. The summed E-state index contributed by atoms with van der Waals surface area (Å²) in [5.74, 6) is 0.812. The third kappa shape index (κ3) is 3.69. The summed E-state index contributed by atoms with van der Waals surface area (Å²) < 4.78 is 4.89.